The summed E-state index contributed by atoms with van der Waals surface area (Å²) >= 11 is 0. The number of hydrogen-bond acceptors (Lipinski definition) is 4. The van der Waals surface area contributed by atoms with Crippen LogP contribution in [0, 0.1) is 27.9 Å². The van der Waals surface area contributed by atoms with Crippen LogP contribution >= 0.6 is 0 Å². The number of hydrogen-bond donors (Lipinski definition) is 2. The Bertz CT molecular complexity index is 498. The zero-order valence-corrected chi connectivity index (χ0v) is 11.8. The molecule has 0 heterocycles. The van der Waals surface area contributed by atoms with Gasteiger partial charge in [0.05, 0.1) is 4.92 Å². The van der Waals surface area contributed by atoms with E-state index in [1.807, 2.05) is 6.07 Å². The molecule has 2 N–H and O–H groups in total. The fourth-order valence-corrected chi connectivity index (χ4v) is 3.08. The van der Waals surface area contributed by atoms with Gasteiger partial charge < -0.3 is 10.6 Å². The largest absolute Gasteiger partial charge is 0.382 e. The summed E-state index contributed by atoms with van der Waals surface area (Å²) < 4.78 is 0. The Labute approximate surface area is 118 Å². The highest BCUT2D eigenvalue weighted by Gasteiger charge is 2.41. The maximum Gasteiger partial charge on any atom is 0.315 e. The number of benzene rings is 1. The molecule has 5 heteroatoms. The Balaban J connectivity index is 1.74. The molecule has 2 aliphatic rings. The minimum atomic E-state index is -0.308. The molecule has 5 nitrogen and oxygen atoms in total. The summed E-state index contributed by atoms with van der Waals surface area (Å²) in [5.41, 5.74) is 1.35. The van der Waals surface area contributed by atoms with E-state index < -0.39 is 0 Å². The molecule has 1 aromatic carbocycles. The van der Waals surface area contributed by atoms with Gasteiger partial charge in [0.1, 0.15) is 11.4 Å². The summed E-state index contributed by atoms with van der Waals surface area (Å²) in [5.74, 6) is 2.40. The van der Waals surface area contributed by atoms with Gasteiger partial charge in [-0.25, -0.2) is 0 Å². The van der Waals surface area contributed by atoms with Crippen molar-refractivity contribution in [1.82, 2.24) is 0 Å². The Morgan fingerprint density at radius 1 is 1.25 bits per heavy atom. The van der Waals surface area contributed by atoms with E-state index >= 15 is 0 Å². The van der Waals surface area contributed by atoms with E-state index in [9.17, 15) is 10.1 Å². The van der Waals surface area contributed by atoms with Crippen LogP contribution in [-0.4, -0.2) is 18.5 Å². The molecule has 0 aliphatic heterocycles. The normalized spacial score (nSPS) is 18.1. The maximum absolute atomic E-state index is 11.3. The Kier molecular flexibility index (Phi) is 3.51. The lowest BCUT2D eigenvalue weighted by Gasteiger charge is -2.17. The second kappa shape index (κ2) is 5.31. The Morgan fingerprint density at radius 2 is 1.85 bits per heavy atom. The van der Waals surface area contributed by atoms with Crippen molar-refractivity contribution >= 4 is 17.1 Å². The molecule has 0 saturated heterocycles. The molecule has 108 valence electrons. The van der Waals surface area contributed by atoms with Gasteiger partial charge in [-0.3, -0.25) is 10.1 Å². The van der Waals surface area contributed by atoms with Crippen LogP contribution in [0.25, 0.3) is 0 Å². The van der Waals surface area contributed by atoms with E-state index in [4.69, 9.17) is 0 Å². The van der Waals surface area contributed by atoms with Crippen molar-refractivity contribution in [3.63, 3.8) is 0 Å². The summed E-state index contributed by atoms with van der Waals surface area (Å²) in [5, 5.41) is 17.5. The minimum Gasteiger partial charge on any atom is -0.382 e. The number of nitrogens with zero attached hydrogens (tertiary/aromatic N) is 1. The summed E-state index contributed by atoms with van der Waals surface area (Å²) in [4.78, 5) is 11.0. The van der Waals surface area contributed by atoms with Crippen molar-refractivity contribution in [3.05, 3.63) is 28.3 Å². The van der Waals surface area contributed by atoms with Gasteiger partial charge in [-0.15, -0.1) is 0 Å². The van der Waals surface area contributed by atoms with Crippen molar-refractivity contribution < 1.29 is 4.92 Å². The van der Waals surface area contributed by atoms with Crippen LogP contribution in [0.3, 0.4) is 0 Å². The van der Waals surface area contributed by atoms with Crippen molar-refractivity contribution in [3.8, 4) is 0 Å². The average Bonchev–Trinajstić information content (AvgIpc) is 3.31. The van der Waals surface area contributed by atoms with E-state index in [2.05, 4.69) is 10.6 Å². The monoisotopic (exact) mass is 275 g/mol. The number of rotatable bonds is 7. The molecule has 0 spiro atoms. The van der Waals surface area contributed by atoms with Gasteiger partial charge >= 0.3 is 5.69 Å². The number of anilines is 2. The zero-order valence-electron chi connectivity index (χ0n) is 11.8. The van der Waals surface area contributed by atoms with Crippen molar-refractivity contribution in [2.45, 2.75) is 25.7 Å². The summed E-state index contributed by atoms with van der Waals surface area (Å²) in [6.45, 7) is 0.864. The number of nitro groups is 1. The number of nitro benzene ring substituents is 1. The van der Waals surface area contributed by atoms with Crippen LogP contribution in [0.15, 0.2) is 18.2 Å². The first-order chi connectivity index (χ1) is 9.70. The molecule has 2 fully saturated rings. The Morgan fingerprint density at radius 3 is 2.35 bits per heavy atom. The summed E-state index contributed by atoms with van der Waals surface area (Å²) in [6.07, 6.45) is 5.34. The smallest absolute Gasteiger partial charge is 0.315 e. The topological polar surface area (TPSA) is 67.2 Å². The van der Waals surface area contributed by atoms with Gasteiger partial charge in [0.25, 0.3) is 0 Å². The molecule has 0 unspecified atom stereocenters. The third kappa shape index (κ3) is 2.71. The molecule has 0 atom stereocenters. The molecule has 20 heavy (non-hydrogen) atoms. The third-order valence-corrected chi connectivity index (χ3v) is 4.47. The van der Waals surface area contributed by atoms with E-state index in [-0.39, 0.29) is 10.6 Å². The average molecular weight is 275 g/mol. The van der Waals surface area contributed by atoms with Gasteiger partial charge in [-0.1, -0.05) is 6.07 Å². The highest BCUT2D eigenvalue weighted by Crippen LogP contribution is 2.49. The first-order valence-electron chi connectivity index (χ1n) is 7.39. The van der Waals surface area contributed by atoms with Gasteiger partial charge in [0.15, 0.2) is 0 Å². The standard InChI is InChI=1S/C15H21N3O2/c1-16-13-3-2-4-14(15(13)18(19)20)17-9-12(10-5-6-10)11-7-8-11/h2-4,10-12,16-17H,5-9H2,1H3. The molecule has 3 rings (SSSR count). The number of nitrogens with one attached hydrogen (secondary N) is 2. The molecular formula is C15H21N3O2. The Hall–Kier alpha value is -1.78. The summed E-state index contributed by atoms with van der Waals surface area (Å²) in [7, 11) is 1.71. The first kappa shape index (κ1) is 13.2. The van der Waals surface area contributed by atoms with Crippen LogP contribution in [-0.2, 0) is 0 Å². The quantitative estimate of drug-likeness (QED) is 0.590. The first-order valence-corrected chi connectivity index (χ1v) is 7.39. The molecule has 1 aromatic rings. The van der Waals surface area contributed by atoms with Crippen molar-refractivity contribution in [2.24, 2.45) is 17.8 Å². The second-order valence-electron chi connectivity index (χ2n) is 5.93. The van der Waals surface area contributed by atoms with Crippen LogP contribution < -0.4 is 10.6 Å². The van der Waals surface area contributed by atoms with Gasteiger partial charge in [-0.05, 0) is 55.6 Å². The minimum absolute atomic E-state index is 0.153. The molecule has 0 bridgehead atoms. The van der Waals surface area contributed by atoms with Crippen LogP contribution in [0.2, 0.25) is 0 Å². The molecular weight excluding hydrogens is 254 g/mol. The molecule has 2 saturated carbocycles. The maximum atomic E-state index is 11.3. The lowest BCUT2D eigenvalue weighted by atomic mass is 9.98. The van der Waals surface area contributed by atoms with Crippen LogP contribution in [0.4, 0.5) is 17.1 Å². The van der Waals surface area contributed by atoms with E-state index in [0.717, 1.165) is 18.4 Å². The van der Waals surface area contributed by atoms with E-state index in [1.165, 1.54) is 25.7 Å². The lowest BCUT2D eigenvalue weighted by Crippen LogP contribution is -2.19. The number of para-hydroxylation sites is 1. The predicted molar refractivity (Wildman–Crippen MR) is 80.1 cm³/mol. The van der Waals surface area contributed by atoms with Gasteiger partial charge in [0, 0.05) is 13.6 Å². The van der Waals surface area contributed by atoms with Crippen LogP contribution in [0.5, 0.6) is 0 Å². The predicted octanol–water partition coefficient (Wildman–Crippen LogP) is 3.48. The highest BCUT2D eigenvalue weighted by molar-refractivity contribution is 5.76. The zero-order chi connectivity index (χ0) is 14.1. The fraction of sp³-hybridized carbons (Fsp3) is 0.600. The molecule has 0 radical (unpaired) electrons. The molecule has 2 aliphatic carbocycles. The van der Waals surface area contributed by atoms with E-state index in [1.54, 1.807) is 19.2 Å². The van der Waals surface area contributed by atoms with Crippen molar-refractivity contribution in [2.75, 3.05) is 24.2 Å². The molecule has 0 aromatic heterocycles. The van der Waals surface area contributed by atoms with E-state index in [0.29, 0.717) is 17.3 Å². The van der Waals surface area contributed by atoms with Gasteiger partial charge in [0.2, 0.25) is 0 Å². The lowest BCUT2D eigenvalue weighted by molar-refractivity contribution is -0.383. The third-order valence-electron chi connectivity index (χ3n) is 4.47. The molecule has 0 amide bonds. The summed E-state index contributed by atoms with van der Waals surface area (Å²) in [6, 6.07) is 5.39. The fourth-order valence-electron chi connectivity index (χ4n) is 3.08. The van der Waals surface area contributed by atoms with Gasteiger partial charge in [-0.2, -0.15) is 0 Å². The second-order valence-corrected chi connectivity index (χ2v) is 5.93. The van der Waals surface area contributed by atoms with Crippen LogP contribution in [0.1, 0.15) is 25.7 Å². The SMILES string of the molecule is CNc1cccc(NCC(C2CC2)C2CC2)c1[N+](=O)[O-]. The highest BCUT2D eigenvalue weighted by atomic mass is 16.6. The van der Waals surface area contributed by atoms with Crippen molar-refractivity contribution in [1.29, 1.82) is 0 Å².